The highest BCUT2D eigenvalue weighted by Gasteiger charge is 2.21. The molecule has 0 aromatic rings. The number of nitrogens with two attached hydrogens (primary N) is 1. The number of hydrogen-bond acceptors (Lipinski definition) is 1. The van der Waals surface area contributed by atoms with Crippen molar-refractivity contribution >= 4 is 5.96 Å². The van der Waals surface area contributed by atoms with E-state index in [4.69, 9.17) is 10.7 Å². The maximum atomic E-state index is 6.12. The molecular formula is C14H27N3. The van der Waals surface area contributed by atoms with Gasteiger partial charge < -0.3 is 10.6 Å². The molecule has 0 amide bonds. The molecule has 17 heavy (non-hydrogen) atoms. The van der Waals surface area contributed by atoms with Crippen molar-refractivity contribution in [1.29, 1.82) is 0 Å². The molecule has 3 nitrogen and oxygen atoms in total. The maximum absolute atomic E-state index is 6.12. The van der Waals surface area contributed by atoms with Crippen LogP contribution in [0, 0.1) is 5.92 Å². The van der Waals surface area contributed by atoms with E-state index in [2.05, 4.69) is 11.8 Å². The van der Waals surface area contributed by atoms with Crippen molar-refractivity contribution in [2.45, 2.75) is 64.3 Å². The normalized spacial score (nSPS) is 24.5. The molecule has 1 saturated heterocycles. The second-order valence-corrected chi connectivity index (χ2v) is 5.64. The van der Waals surface area contributed by atoms with Crippen LogP contribution in [-0.4, -0.2) is 30.0 Å². The molecule has 0 radical (unpaired) electrons. The van der Waals surface area contributed by atoms with Crippen LogP contribution in [0.3, 0.4) is 0 Å². The van der Waals surface area contributed by atoms with Crippen molar-refractivity contribution in [3.05, 3.63) is 0 Å². The second kappa shape index (κ2) is 6.27. The molecular weight excluding hydrogens is 210 g/mol. The molecule has 3 heteroatoms. The fraction of sp³-hybridized carbons (Fsp3) is 0.929. The Morgan fingerprint density at radius 2 is 1.82 bits per heavy atom. The third-order valence-electron chi connectivity index (χ3n) is 4.27. The van der Waals surface area contributed by atoms with Crippen molar-refractivity contribution in [1.82, 2.24) is 4.90 Å². The lowest BCUT2D eigenvalue weighted by Crippen LogP contribution is -2.43. The smallest absolute Gasteiger partial charge is 0.191 e. The van der Waals surface area contributed by atoms with E-state index in [0.717, 1.165) is 25.0 Å². The second-order valence-electron chi connectivity index (χ2n) is 5.64. The first-order chi connectivity index (χ1) is 8.29. The number of rotatable bonds is 3. The summed E-state index contributed by atoms with van der Waals surface area (Å²) < 4.78 is 0. The van der Waals surface area contributed by atoms with Gasteiger partial charge in [-0.25, -0.2) is 4.99 Å². The van der Waals surface area contributed by atoms with Gasteiger partial charge in [0.1, 0.15) is 0 Å². The fourth-order valence-corrected chi connectivity index (χ4v) is 3.16. The highest BCUT2D eigenvalue weighted by Crippen LogP contribution is 2.23. The summed E-state index contributed by atoms with van der Waals surface area (Å²) in [7, 11) is 0. The van der Waals surface area contributed by atoms with Crippen molar-refractivity contribution in [3.63, 3.8) is 0 Å². The molecule has 1 aliphatic heterocycles. The van der Waals surface area contributed by atoms with Crippen molar-refractivity contribution in [3.8, 4) is 0 Å². The Bertz CT molecular complexity index is 248. The molecule has 1 aliphatic carbocycles. The van der Waals surface area contributed by atoms with E-state index in [1.807, 2.05) is 0 Å². The SMILES string of the molecule is CCCC1CCN(C(N)=NC2CCCC2)CC1. The summed E-state index contributed by atoms with van der Waals surface area (Å²) in [5.74, 6) is 1.74. The average molecular weight is 237 g/mol. The van der Waals surface area contributed by atoms with Gasteiger partial charge in [-0.05, 0) is 31.6 Å². The molecule has 0 aromatic heterocycles. The zero-order valence-corrected chi connectivity index (χ0v) is 11.2. The summed E-state index contributed by atoms with van der Waals surface area (Å²) in [5.41, 5.74) is 6.12. The Labute approximate surface area is 105 Å². The van der Waals surface area contributed by atoms with E-state index < -0.39 is 0 Å². The fourth-order valence-electron chi connectivity index (χ4n) is 3.16. The van der Waals surface area contributed by atoms with Gasteiger partial charge in [0.2, 0.25) is 0 Å². The van der Waals surface area contributed by atoms with Crippen LogP contribution in [0.5, 0.6) is 0 Å². The monoisotopic (exact) mass is 237 g/mol. The van der Waals surface area contributed by atoms with Crippen LogP contribution >= 0.6 is 0 Å². The summed E-state index contributed by atoms with van der Waals surface area (Å²) in [6.07, 6.45) is 10.5. The van der Waals surface area contributed by atoms with E-state index >= 15 is 0 Å². The predicted octanol–water partition coefficient (Wildman–Crippen LogP) is 2.76. The third kappa shape index (κ3) is 3.62. The summed E-state index contributed by atoms with van der Waals surface area (Å²) in [4.78, 5) is 6.99. The van der Waals surface area contributed by atoms with Crippen LogP contribution in [0.15, 0.2) is 4.99 Å². The number of guanidine groups is 1. The third-order valence-corrected chi connectivity index (χ3v) is 4.27. The van der Waals surface area contributed by atoms with Crippen molar-refractivity contribution in [2.75, 3.05) is 13.1 Å². The molecule has 98 valence electrons. The zero-order valence-electron chi connectivity index (χ0n) is 11.2. The molecule has 1 heterocycles. The number of hydrogen-bond donors (Lipinski definition) is 1. The molecule has 2 N–H and O–H groups in total. The van der Waals surface area contributed by atoms with Gasteiger partial charge >= 0.3 is 0 Å². The highest BCUT2D eigenvalue weighted by atomic mass is 15.3. The molecule has 0 spiro atoms. The minimum Gasteiger partial charge on any atom is -0.370 e. The number of likely N-dealkylation sites (tertiary alicyclic amines) is 1. The van der Waals surface area contributed by atoms with E-state index in [0.29, 0.717) is 6.04 Å². The lowest BCUT2D eigenvalue weighted by molar-refractivity contribution is 0.252. The van der Waals surface area contributed by atoms with E-state index in [1.54, 1.807) is 0 Å². The van der Waals surface area contributed by atoms with Crippen molar-refractivity contribution < 1.29 is 0 Å². The summed E-state index contributed by atoms with van der Waals surface area (Å²) in [6, 6.07) is 0.517. The lowest BCUT2D eigenvalue weighted by Gasteiger charge is -2.33. The number of nitrogens with zero attached hydrogens (tertiary/aromatic N) is 2. The van der Waals surface area contributed by atoms with Gasteiger partial charge in [0.15, 0.2) is 5.96 Å². The quantitative estimate of drug-likeness (QED) is 0.606. The molecule has 0 bridgehead atoms. The van der Waals surface area contributed by atoms with E-state index in [1.165, 1.54) is 51.4 Å². The van der Waals surface area contributed by atoms with Crippen LogP contribution in [0.25, 0.3) is 0 Å². The summed E-state index contributed by atoms with van der Waals surface area (Å²) in [6.45, 7) is 4.52. The van der Waals surface area contributed by atoms with E-state index in [9.17, 15) is 0 Å². The van der Waals surface area contributed by atoms with Crippen LogP contribution in [0.1, 0.15) is 58.3 Å². The standard InChI is InChI=1S/C14H27N3/c1-2-5-12-8-10-17(11-9-12)14(15)16-13-6-3-4-7-13/h12-13H,2-11H2,1H3,(H2,15,16). The van der Waals surface area contributed by atoms with Crippen LogP contribution in [-0.2, 0) is 0 Å². The van der Waals surface area contributed by atoms with E-state index in [-0.39, 0.29) is 0 Å². The lowest BCUT2D eigenvalue weighted by atomic mass is 9.93. The first kappa shape index (κ1) is 12.7. The molecule has 0 aromatic carbocycles. The molecule has 1 saturated carbocycles. The van der Waals surface area contributed by atoms with Crippen LogP contribution in [0.4, 0.5) is 0 Å². The zero-order chi connectivity index (χ0) is 12.1. The predicted molar refractivity (Wildman–Crippen MR) is 73.1 cm³/mol. The summed E-state index contributed by atoms with van der Waals surface area (Å²) in [5, 5.41) is 0. The average Bonchev–Trinajstić information content (AvgIpc) is 2.83. The highest BCUT2D eigenvalue weighted by molar-refractivity contribution is 5.78. The maximum Gasteiger partial charge on any atom is 0.191 e. The van der Waals surface area contributed by atoms with Crippen molar-refractivity contribution in [2.24, 2.45) is 16.6 Å². The Kier molecular flexibility index (Phi) is 4.69. The van der Waals surface area contributed by atoms with Gasteiger partial charge in [-0.15, -0.1) is 0 Å². The first-order valence-corrected chi connectivity index (χ1v) is 7.37. The Hall–Kier alpha value is -0.730. The van der Waals surface area contributed by atoms with Gasteiger partial charge in [-0.3, -0.25) is 0 Å². The molecule has 2 rings (SSSR count). The largest absolute Gasteiger partial charge is 0.370 e. The van der Waals surface area contributed by atoms with Gasteiger partial charge in [-0.2, -0.15) is 0 Å². The summed E-state index contributed by atoms with van der Waals surface area (Å²) >= 11 is 0. The van der Waals surface area contributed by atoms with Crippen LogP contribution < -0.4 is 5.73 Å². The van der Waals surface area contributed by atoms with Gasteiger partial charge in [0.05, 0.1) is 6.04 Å². The Morgan fingerprint density at radius 1 is 1.18 bits per heavy atom. The van der Waals surface area contributed by atoms with Crippen LogP contribution in [0.2, 0.25) is 0 Å². The topological polar surface area (TPSA) is 41.6 Å². The Balaban J connectivity index is 1.79. The number of aliphatic imine (C=N–C) groups is 1. The minimum atomic E-state index is 0.517. The molecule has 2 aliphatic rings. The van der Waals surface area contributed by atoms with Gasteiger partial charge in [-0.1, -0.05) is 32.6 Å². The molecule has 0 unspecified atom stereocenters. The molecule has 2 fully saturated rings. The minimum absolute atomic E-state index is 0.517. The number of piperidine rings is 1. The molecule has 0 atom stereocenters. The Morgan fingerprint density at radius 3 is 2.41 bits per heavy atom. The van der Waals surface area contributed by atoms with Gasteiger partial charge in [0, 0.05) is 13.1 Å². The van der Waals surface area contributed by atoms with Gasteiger partial charge in [0.25, 0.3) is 0 Å². The first-order valence-electron chi connectivity index (χ1n) is 7.37.